The predicted octanol–water partition coefficient (Wildman–Crippen LogP) is 6.62. The van der Waals surface area contributed by atoms with Crippen LogP contribution in [0.3, 0.4) is 0 Å². The van der Waals surface area contributed by atoms with E-state index >= 15 is 0 Å². The van der Waals surface area contributed by atoms with E-state index in [0.29, 0.717) is 32.4 Å². The lowest BCUT2D eigenvalue weighted by atomic mass is 10.1. The van der Waals surface area contributed by atoms with Crippen LogP contribution in [0, 0.1) is 18.3 Å². The molecule has 0 atom stereocenters. The zero-order chi connectivity index (χ0) is 21.3. The fraction of sp³-hybridized carbons (Fsp3) is 0.0455. The Hall–Kier alpha value is -2.92. The summed E-state index contributed by atoms with van der Waals surface area (Å²) >= 11 is 10.8. The molecule has 2 heterocycles. The number of nitrogens with zero attached hydrogens (tertiary/aromatic N) is 2. The summed E-state index contributed by atoms with van der Waals surface area (Å²) in [6.07, 6.45) is 1.57. The first-order chi connectivity index (χ1) is 14.4. The molecule has 4 rings (SSSR count). The van der Waals surface area contributed by atoms with Gasteiger partial charge in [0.1, 0.15) is 22.2 Å². The van der Waals surface area contributed by atoms with Crippen LogP contribution < -0.4 is 10.9 Å². The summed E-state index contributed by atoms with van der Waals surface area (Å²) in [5.41, 5.74) is 2.91. The first-order valence-electron chi connectivity index (χ1n) is 8.77. The molecule has 0 saturated heterocycles. The molecule has 30 heavy (non-hydrogen) atoms. The molecule has 0 aliphatic heterocycles. The molecule has 0 bridgehead atoms. The molecule has 2 aromatic carbocycles. The van der Waals surface area contributed by atoms with Gasteiger partial charge in [-0.2, -0.15) is 5.26 Å². The summed E-state index contributed by atoms with van der Waals surface area (Å²) in [6.45, 7) is 1.92. The number of thiazole rings is 1. The van der Waals surface area contributed by atoms with Gasteiger partial charge in [-0.3, -0.25) is 0 Å². The second-order valence-corrected chi connectivity index (χ2v) is 8.63. The molecule has 4 aromatic rings. The molecule has 0 radical (unpaired) electrons. The van der Waals surface area contributed by atoms with Gasteiger partial charge in [0.05, 0.1) is 11.3 Å². The molecule has 0 saturated carbocycles. The molecule has 5 nitrogen and oxygen atoms in total. The quantitative estimate of drug-likeness (QED) is 0.253. The Balaban J connectivity index is 1.66. The molecule has 0 unspecified atom stereocenters. The zero-order valence-corrected chi connectivity index (χ0v) is 18.7. The summed E-state index contributed by atoms with van der Waals surface area (Å²) in [4.78, 5) is 16.9. The number of aromatic nitrogens is 1. The number of halogens is 2. The number of aryl methyl sites for hydroxylation is 1. The number of nitrogens with one attached hydrogen (secondary N) is 1. The van der Waals surface area contributed by atoms with E-state index in [1.807, 2.05) is 31.2 Å². The first kappa shape index (κ1) is 20.4. The van der Waals surface area contributed by atoms with Gasteiger partial charge in [-0.15, -0.1) is 11.3 Å². The highest BCUT2D eigenvalue weighted by Gasteiger charge is 2.14. The summed E-state index contributed by atoms with van der Waals surface area (Å²) < 4.78 is 6.29. The van der Waals surface area contributed by atoms with Crippen LogP contribution in [0.25, 0.3) is 27.8 Å². The lowest BCUT2D eigenvalue weighted by Gasteiger charge is -2.04. The summed E-state index contributed by atoms with van der Waals surface area (Å²) in [6, 6.07) is 14.8. The topological polar surface area (TPSA) is 78.9 Å². The predicted molar refractivity (Wildman–Crippen MR) is 125 cm³/mol. The van der Waals surface area contributed by atoms with Crippen LogP contribution in [-0.4, -0.2) is 4.98 Å². The second kappa shape index (κ2) is 8.44. The third kappa shape index (κ3) is 4.17. The number of allylic oxidation sites excluding steroid dienone is 1. The van der Waals surface area contributed by atoms with Crippen molar-refractivity contribution in [1.29, 1.82) is 5.26 Å². The Labute approximate surface area is 189 Å². The average Bonchev–Trinajstić information content (AvgIpc) is 3.20. The van der Waals surface area contributed by atoms with Gasteiger partial charge in [0.15, 0.2) is 0 Å². The van der Waals surface area contributed by atoms with Crippen molar-refractivity contribution in [2.45, 2.75) is 6.92 Å². The molecule has 8 heteroatoms. The maximum Gasteiger partial charge on any atom is 0.345 e. The van der Waals surface area contributed by atoms with Gasteiger partial charge in [0.25, 0.3) is 0 Å². The van der Waals surface area contributed by atoms with Crippen molar-refractivity contribution >= 4 is 61.1 Å². The molecule has 0 fully saturated rings. The Morgan fingerprint density at radius 1 is 1.30 bits per heavy atom. The van der Waals surface area contributed by atoms with Crippen LogP contribution in [0.5, 0.6) is 0 Å². The van der Waals surface area contributed by atoms with E-state index in [9.17, 15) is 10.1 Å². The van der Waals surface area contributed by atoms with E-state index in [0.717, 1.165) is 21.1 Å². The molecule has 0 aliphatic rings. The van der Waals surface area contributed by atoms with Gasteiger partial charge < -0.3 is 9.73 Å². The van der Waals surface area contributed by atoms with Crippen molar-refractivity contribution in [3.8, 4) is 17.3 Å². The average molecular weight is 499 g/mol. The molecular weight excluding hydrogens is 486 g/mol. The fourth-order valence-corrected chi connectivity index (χ4v) is 4.12. The highest BCUT2D eigenvalue weighted by molar-refractivity contribution is 9.10. The maximum atomic E-state index is 12.4. The van der Waals surface area contributed by atoms with E-state index < -0.39 is 5.63 Å². The summed E-state index contributed by atoms with van der Waals surface area (Å²) in [7, 11) is 0. The Morgan fingerprint density at radius 3 is 2.90 bits per heavy atom. The SMILES string of the molecule is Cc1ccc(NC=C(C#N)c2nc(-c3cc4cc(Br)ccc4oc3=O)cs2)cc1Cl. The number of rotatable bonds is 4. The molecule has 0 amide bonds. The second-order valence-electron chi connectivity index (χ2n) is 6.45. The Kier molecular flexibility index (Phi) is 5.73. The normalized spacial score (nSPS) is 11.5. The largest absolute Gasteiger partial charge is 0.422 e. The molecule has 1 N–H and O–H groups in total. The summed E-state index contributed by atoms with van der Waals surface area (Å²) in [5, 5.41) is 16.3. The van der Waals surface area contributed by atoms with Crippen molar-refractivity contribution < 1.29 is 4.42 Å². The van der Waals surface area contributed by atoms with E-state index in [1.54, 1.807) is 29.8 Å². The molecule has 148 valence electrons. The van der Waals surface area contributed by atoms with Crippen LogP contribution in [0.1, 0.15) is 10.6 Å². The number of benzene rings is 2. The van der Waals surface area contributed by atoms with Gasteiger partial charge in [-0.25, -0.2) is 9.78 Å². The minimum absolute atomic E-state index is 0.343. The van der Waals surface area contributed by atoms with Crippen LogP contribution in [-0.2, 0) is 0 Å². The monoisotopic (exact) mass is 497 g/mol. The van der Waals surface area contributed by atoms with Gasteiger partial charge in [-0.1, -0.05) is 33.6 Å². The number of hydrogen-bond donors (Lipinski definition) is 1. The van der Waals surface area contributed by atoms with Crippen molar-refractivity contribution in [2.24, 2.45) is 0 Å². The Bertz CT molecular complexity index is 1400. The van der Waals surface area contributed by atoms with Crippen molar-refractivity contribution in [3.63, 3.8) is 0 Å². The first-order valence-corrected chi connectivity index (χ1v) is 10.8. The smallest absolute Gasteiger partial charge is 0.345 e. The number of nitriles is 1. The van der Waals surface area contributed by atoms with Crippen molar-refractivity contribution in [2.75, 3.05) is 5.32 Å². The van der Waals surface area contributed by atoms with Crippen LogP contribution in [0.4, 0.5) is 5.69 Å². The van der Waals surface area contributed by atoms with Gasteiger partial charge in [0, 0.05) is 32.1 Å². The van der Waals surface area contributed by atoms with Gasteiger partial charge in [0.2, 0.25) is 0 Å². The van der Waals surface area contributed by atoms with Crippen LogP contribution in [0.2, 0.25) is 5.02 Å². The van der Waals surface area contributed by atoms with Crippen LogP contribution >= 0.6 is 38.9 Å². The summed E-state index contributed by atoms with van der Waals surface area (Å²) in [5.74, 6) is 0. The minimum Gasteiger partial charge on any atom is -0.422 e. The molecule has 2 aromatic heterocycles. The third-order valence-electron chi connectivity index (χ3n) is 4.38. The van der Waals surface area contributed by atoms with Crippen molar-refractivity contribution in [3.05, 3.63) is 84.5 Å². The maximum absolute atomic E-state index is 12.4. The number of hydrogen-bond acceptors (Lipinski definition) is 6. The van der Waals surface area contributed by atoms with E-state index in [2.05, 4.69) is 32.3 Å². The van der Waals surface area contributed by atoms with Gasteiger partial charge in [-0.05, 0) is 48.9 Å². The molecular formula is C22H13BrClN3O2S. The van der Waals surface area contributed by atoms with E-state index in [-0.39, 0.29) is 0 Å². The Morgan fingerprint density at radius 2 is 2.13 bits per heavy atom. The molecule has 0 spiro atoms. The lowest BCUT2D eigenvalue weighted by Crippen LogP contribution is -2.03. The third-order valence-corrected chi connectivity index (χ3v) is 6.16. The van der Waals surface area contributed by atoms with Crippen molar-refractivity contribution in [1.82, 2.24) is 4.98 Å². The minimum atomic E-state index is -0.475. The lowest BCUT2D eigenvalue weighted by molar-refractivity contribution is 0.563. The van der Waals surface area contributed by atoms with Gasteiger partial charge >= 0.3 is 5.63 Å². The molecule has 0 aliphatic carbocycles. The van der Waals surface area contributed by atoms with E-state index in [1.165, 1.54) is 11.3 Å². The van der Waals surface area contributed by atoms with E-state index in [4.69, 9.17) is 16.0 Å². The standard InChI is InChI=1S/C22H13BrClN3O2S/c1-12-2-4-16(8-18(12)24)26-10-14(9-25)21-27-19(11-30-21)17-7-13-6-15(23)3-5-20(13)29-22(17)28/h2-8,10-11,26H,1H3. The zero-order valence-electron chi connectivity index (χ0n) is 15.6. The number of anilines is 1. The van der Waals surface area contributed by atoms with Crippen LogP contribution in [0.15, 0.2) is 67.7 Å². The fourth-order valence-electron chi connectivity index (χ4n) is 2.77. The highest BCUT2D eigenvalue weighted by atomic mass is 79.9. The number of fused-ring (bicyclic) bond motifs is 1. The highest BCUT2D eigenvalue weighted by Crippen LogP contribution is 2.28.